The molecule has 5 heteroatoms. The zero-order chi connectivity index (χ0) is 11.4. The van der Waals surface area contributed by atoms with Crippen LogP contribution in [0.4, 0.5) is 0 Å². The lowest BCUT2D eigenvalue weighted by molar-refractivity contribution is -0.141. The number of nitrogens with one attached hydrogen (secondary N) is 2. The predicted molar refractivity (Wildman–Crippen MR) is 53.0 cm³/mol. The van der Waals surface area contributed by atoms with E-state index in [2.05, 4.69) is 10.6 Å². The number of carbonyl (C=O) groups is 2. The first-order chi connectivity index (χ1) is 6.26. The number of hydrogen-bond acceptors (Lipinski definition) is 3. The fraction of sp³-hybridized carbons (Fsp3) is 0.778. The van der Waals surface area contributed by atoms with Crippen molar-refractivity contribution in [2.24, 2.45) is 0 Å². The molecule has 5 nitrogen and oxygen atoms in total. The quantitative estimate of drug-likeness (QED) is 0.598. The van der Waals surface area contributed by atoms with Gasteiger partial charge in [0.1, 0.15) is 6.04 Å². The first kappa shape index (κ1) is 12.9. The lowest BCUT2D eigenvalue weighted by Crippen LogP contribution is -2.45. The smallest absolute Gasteiger partial charge is 0.321 e. The summed E-state index contributed by atoms with van der Waals surface area (Å²) in [4.78, 5) is 21.9. The van der Waals surface area contributed by atoms with Gasteiger partial charge in [-0.3, -0.25) is 9.59 Å². The Morgan fingerprint density at radius 1 is 1.36 bits per heavy atom. The van der Waals surface area contributed by atoms with E-state index >= 15 is 0 Å². The van der Waals surface area contributed by atoms with Crippen molar-refractivity contribution < 1.29 is 14.7 Å². The summed E-state index contributed by atoms with van der Waals surface area (Å²) in [6.45, 7) is 5.54. The van der Waals surface area contributed by atoms with Crippen LogP contribution in [-0.4, -0.2) is 35.6 Å². The van der Waals surface area contributed by atoms with E-state index in [9.17, 15) is 9.59 Å². The van der Waals surface area contributed by atoms with Gasteiger partial charge in [-0.1, -0.05) is 0 Å². The number of amides is 1. The minimum absolute atomic E-state index is 0.0525. The molecule has 0 bridgehead atoms. The predicted octanol–water partition coefficient (Wildman–Crippen LogP) is -0.0362. The van der Waals surface area contributed by atoms with Crippen molar-refractivity contribution in [3.63, 3.8) is 0 Å². The van der Waals surface area contributed by atoms with E-state index in [0.717, 1.165) is 0 Å². The molecule has 0 aromatic rings. The summed E-state index contributed by atoms with van der Waals surface area (Å²) in [5.74, 6) is -1.28. The molecule has 3 N–H and O–H groups in total. The molecule has 0 aromatic carbocycles. The molecule has 0 aliphatic carbocycles. The number of carboxylic acid groups (broad SMARTS) is 1. The first-order valence-electron chi connectivity index (χ1n) is 4.47. The van der Waals surface area contributed by atoms with E-state index in [4.69, 9.17) is 5.11 Å². The Morgan fingerprint density at radius 2 is 1.86 bits per heavy atom. The van der Waals surface area contributed by atoms with E-state index in [-0.39, 0.29) is 17.9 Å². The molecule has 0 saturated carbocycles. The van der Waals surface area contributed by atoms with Gasteiger partial charge in [-0.05, 0) is 27.8 Å². The van der Waals surface area contributed by atoms with Gasteiger partial charge in [0, 0.05) is 5.54 Å². The normalized spacial score (nSPS) is 13.4. The molecule has 14 heavy (non-hydrogen) atoms. The second kappa shape index (κ2) is 4.95. The standard InChI is InChI=1S/C9H18N2O3/c1-9(2,3)11-7(12)5-6(10-4)8(13)14/h6,10H,5H2,1-4H3,(H,11,12)(H,13,14). The maximum absolute atomic E-state index is 11.3. The summed E-state index contributed by atoms with van der Waals surface area (Å²) < 4.78 is 0. The number of rotatable bonds is 4. The largest absolute Gasteiger partial charge is 0.480 e. The Hall–Kier alpha value is -1.10. The fourth-order valence-electron chi connectivity index (χ4n) is 0.968. The SMILES string of the molecule is CNC(CC(=O)NC(C)(C)C)C(=O)O. The Labute approximate surface area is 83.9 Å². The van der Waals surface area contributed by atoms with Crippen LogP contribution >= 0.6 is 0 Å². The Bertz CT molecular complexity index is 221. The molecule has 0 spiro atoms. The Balaban J connectivity index is 4.11. The van der Waals surface area contributed by atoms with Gasteiger partial charge >= 0.3 is 5.97 Å². The molecular weight excluding hydrogens is 184 g/mol. The van der Waals surface area contributed by atoms with Crippen LogP contribution in [0.5, 0.6) is 0 Å². The van der Waals surface area contributed by atoms with Gasteiger partial charge in [-0.25, -0.2) is 0 Å². The first-order valence-corrected chi connectivity index (χ1v) is 4.47. The second-order valence-corrected chi connectivity index (χ2v) is 4.18. The zero-order valence-electron chi connectivity index (χ0n) is 9.05. The molecule has 0 saturated heterocycles. The van der Waals surface area contributed by atoms with E-state index in [1.54, 1.807) is 0 Å². The van der Waals surface area contributed by atoms with Gasteiger partial charge in [-0.2, -0.15) is 0 Å². The van der Waals surface area contributed by atoms with Gasteiger partial charge < -0.3 is 15.7 Å². The monoisotopic (exact) mass is 202 g/mol. The summed E-state index contributed by atoms with van der Waals surface area (Å²) in [5.41, 5.74) is -0.326. The molecular formula is C9H18N2O3. The summed E-state index contributed by atoms with van der Waals surface area (Å²) in [5, 5.41) is 13.9. The molecule has 0 rings (SSSR count). The number of likely N-dealkylation sites (N-methyl/N-ethyl adjacent to an activating group) is 1. The van der Waals surface area contributed by atoms with E-state index in [1.165, 1.54) is 7.05 Å². The summed E-state index contributed by atoms with van der Waals surface area (Å²) in [6.07, 6.45) is -0.0525. The van der Waals surface area contributed by atoms with Crippen molar-refractivity contribution in [3.8, 4) is 0 Å². The van der Waals surface area contributed by atoms with Gasteiger partial charge in [-0.15, -0.1) is 0 Å². The molecule has 0 radical (unpaired) electrons. The number of hydrogen-bond donors (Lipinski definition) is 3. The highest BCUT2D eigenvalue weighted by Crippen LogP contribution is 2.00. The summed E-state index contributed by atoms with van der Waals surface area (Å²) in [7, 11) is 1.52. The molecule has 1 atom stereocenters. The van der Waals surface area contributed by atoms with E-state index in [0.29, 0.717) is 0 Å². The number of carboxylic acids is 1. The van der Waals surface area contributed by atoms with Crippen LogP contribution in [0.1, 0.15) is 27.2 Å². The lowest BCUT2D eigenvalue weighted by atomic mass is 10.1. The third-order valence-electron chi connectivity index (χ3n) is 1.55. The fourth-order valence-corrected chi connectivity index (χ4v) is 0.968. The van der Waals surface area contributed by atoms with Gasteiger partial charge in [0.25, 0.3) is 0 Å². The van der Waals surface area contributed by atoms with Crippen LogP contribution in [0.25, 0.3) is 0 Å². The van der Waals surface area contributed by atoms with Crippen LogP contribution in [0.15, 0.2) is 0 Å². The van der Waals surface area contributed by atoms with Crippen LogP contribution < -0.4 is 10.6 Å². The van der Waals surface area contributed by atoms with Crippen molar-refractivity contribution >= 4 is 11.9 Å². The van der Waals surface area contributed by atoms with Crippen LogP contribution in [0.3, 0.4) is 0 Å². The van der Waals surface area contributed by atoms with Crippen molar-refractivity contribution in [1.29, 1.82) is 0 Å². The van der Waals surface area contributed by atoms with Crippen LogP contribution in [-0.2, 0) is 9.59 Å². The van der Waals surface area contributed by atoms with Crippen molar-refractivity contribution in [2.45, 2.75) is 38.8 Å². The molecule has 0 aliphatic rings. The molecule has 82 valence electrons. The average molecular weight is 202 g/mol. The minimum Gasteiger partial charge on any atom is -0.480 e. The Kier molecular flexibility index (Phi) is 4.56. The van der Waals surface area contributed by atoms with E-state index < -0.39 is 12.0 Å². The van der Waals surface area contributed by atoms with Crippen molar-refractivity contribution in [2.75, 3.05) is 7.05 Å². The van der Waals surface area contributed by atoms with Crippen LogP contribution in [0.2, 0.25) is 0 Å². The molecule has 1 unspecified atom stereocenters. The molecule has 0 heterocycles. The Morgan fingerprint density at radius 3 is 2.14 bits per heavy atom. The van der Waals surface area contributed by atoms with Gasteiger partial charge in [0.2, 0.25) is 5.91 Å². The summed E-state index contributed by atoms with van der Waals surface area (Å²) >= 11 is 0. The summed E-state index contributed by atoms with van der Waals surface area (Å²) in [6, 6.07) is -0.822. The topological polar surface area (TPSA) is 78.4 Å². The third-order valence-corrected chi connectivity index (χ3v) is 1.55. The highest BCUT2D eigenvalue weighted by Gasteiger charge is 2.21. The van der Waals surface area contributed by atoms with Gasteiger partial charge in [0.05, 0.1) is 6.42 Å². The van der Waals surface area contributed by atoms with E-state index in [1.807, 2.05) is 20.8 Å². The highest BCUT2D eigenvalue weighted by atomic mass is 16.4. The third kappa shape index (κ3) is 5.53. The zero-order valence-corrected chi connectivity index (χ0v) is 9.05. The van der Waals surface area contributed by atoms with Crippen molar-refractivity contribution in [3.05, 3.63) is 0 Å². The second-order valence-electron chi connectivity index (χ2n) is 4.18. The molecule has 0 aromatic heterocycles. The maximum atomic E-state index is 11.3. The number of aliphatic carboxylic acids is 1. The lowest BCUT2D eigenvalue weighted by Gasteiger charge is -2.21. The minimum atomic E-state index is -1.02. The van der Waals surface area contributed by atoms with Gasteiger partial charge in [0.15, 0.2) is 0 Å². The van der Waals surface area contributed by atoms with Crippen LogP contribution in [0, 0.1) is 0 Å². The number of carbonyl (C=O) groups excluding carboxylic acids is 1. The van der Waals surface area contributed by atoms with Crippen molar-refractivity contribution in [1.82, 2.24) is 10.6 Å². The maximum Gasteiger partial charge on any atom is 0.321 e. The highest BCUT2D eigenvalue weighted by molar-refractivity contribution is 5.84. The molecule has 0 fully saturated rings. The average Bonchev–Trinajstić information content (AvgIpc) is 1.96. The molecule has 1 amide bonds. The molecule has 0 aliphatic heterocycles.